The number of rotatable bonds is 2. The number of aryl methyl sites for hydroxylation is 1. The van der Waals surface area contributed by atoms with Crippen molar-refractivity contribution in [1.29, 1.82) is 0 Å². The Labute approximate surface area is 127 Å². The van der Waals surface area contributed by atoms with Crippen LogP contribution in [-0.2, 0) is 7.05 Å². The average molecular weight is 345 g/mol. The van der Waals surface area contributed by atoms with Gasteiger partial charge in [0.2, 0.25) is 5.78 Å². The number of carbonyl (C=O) groups is 1. The second kappa shape index (κ2) is 4.29. The van der Waals surface area contributed by atoms with E-state index in [1.165, 1.54) is 0 Å². The summed E-state index contributed by atoms with van der Waals surface area (Å²) < 4.78 is 9.10. The number of benzene rings is 1. The highest BCUT2D eigenvalue weighted by atomic mass is 79.9. The quantitative estimate of drug-likeness (QED) is 0.524. The first-order valence-corrected chi connectivity index (χ1v) is 7.05. The number of aromatic nitrogens is 4. The van der Waals surface area contributed by atoms with Crippen molar-refractivity contribution in [3.63, 3.8) is 0 Å². The Hall–Kier alpha value is -2.41. The van der Waals surface area contributed by atoms with Crippen LogP contribution in [0.15, 0.2) is 45.5 Å². The molecular formula is C14H9BrN4O2. The van der Waals surface area contributed by atoms with Gasteiger partial charge in [-0.05, 0) is 38.5 Å². The SMILES string of the molecule is Cn1nnn2c(C(=O)c3ccc(Br)o3)c3ccccc3c12. The second-order valence-corrected chi connectivity index (χ2v) is 5.45. The predicted octanol–water partition coefficient (Wildman–Crippen LogP) is 2.81. The zero-order valence-electron chi connectivity index (χ0n) is 10.9. The van der Waals surface area contributed by atoms with Crippen molar-refractivity contribution < 1.29 is 9.21 Å². The normalized spacial score (nSPS) is 11.5. The summed E-state index contributed by atoms with van der Waals surface area (Å²) in [6.45, 7) is 0. The Kier molecular flexibility index (Phi) is 2.52. The summed E-state index contributed by atoms with van der Waals surface area (Å²) in [6.07, 6.45) is 0. The summed E-state index contributed by atoms with van der Waals surface area (Å²) in [6, 6.07) is 11.0. The minimum absolute atomic E-state index is 0.225. The van der Waals surface area contributed by atoms with Crippen LogP contribution in [-0.4, -0.2) is 25.4 Å². The highest BCUT2D eigenvalue weighted by Crippen LogP contribution is 2.28. The Bertz CT molecular complexity index is 995. The highest BCUT2D eigenvalue weighted by Gasteiger charge is 2.24. The van der Waals surface area contributed by atoms with Crippen LogP contribution in [0.1, 0.15) is 16.2 Å². The molecule has 6 nitrogen and oxygen atoms in total. The summed E-state index contributed by atoms with van der Waals surface area (Å²) in [7, 11) is 1.80. The molecule has 0 aliphatic carbocycles. The highest BCUT2D eigenvalue weighted by molar-refractivity contribution is 9.10. The van der Waals surface area contributed by atoms with E-state index in [2.05, 4.69) is 26.4 Å². The van der Waals surface area contributed by atoms with Crippen LogP contribution >= 0.6 is 15.9 Å². The molecule has 0 bridgehead atoms. The van der Waals surface area contributed by atoms with E-state index in [-0.39, 0.29) is 11.5 Å². The molecule has 104 valence electrons. The number of carbonyl (C=O) groups excluding carboxylic acids is 1. The van der Waals surface area contributed by atoms with Crippen molar-refractivity contribution in [2.45, 2.75) is 0 Å². The van der Waals surface area contributed by atoms with E-state index in [1.807, 2.05) is 24.3 Å². The minimum Gasteiger partial charge on any atom is -0.446 e. The Balaban J connectivity index is 2.08. The Morgan fingerprint density at radius 3 is 2.62 bits per heavy atom. The van der Waals surface area contributed by atoms with Gasteiger partial charge >= 0.3 is 0 Å². The third-order valence-corrected chi connectivity index (χ3v) is 3.84. The van der Waals surface area contributed by atoms with Gasteiger partial charge in [0, 0.05) is 17.8 Å². The number of hydrogen-bond donors (Lipinski definition) is 0. The molecule has 21 heavy (non-hydrogen) atoms. The fraction of sp³-hybridized carbons (Fsp3) is 0.0714. The summed E-state index contributed by atoms with van der Waals surface area (Å²) in [4.78, 5) is 12.7. The summed E-state index contributed by atoms with van der Waals surface area (Å²) in [5, 5.41) is 9.81. The summed E-state index contributed by atoms with van der Waals surface area (Å²) in [5.74, 6) is 0.0371. The smallest absolute Gasteiger partial charge is 0.247 e. The Morgan fingerprint density at radius 2 is 1.90 bits per heavy atom. The number of tetrazole rings is 1. The average Bonchev–Trinajstić information content (AvgIpc) is 3.14. The first kappa shape index (κ1) is 12.3. The summed E-state index contributed by atoms with van der Waals surface area (Å²) in [5.41, 5.74) is 1.23. The lowest BCUT2D eigenvalue weighted by Crippen LogP contribution is -2.05. The first-order chi connectivity index (χ1) is 10.2. The fourth-order valence-electron chi connectivity index (χ4n) is 2.53. The number of nitrogens with zero attached hydrogens (tertiary/aromatic N) is 4. The van der Waals surface area contributed by atoms with E-state index in [0.29, 0.717) is 10.4 Å². The van der Waals surface area contributed by atoms with Gasteiger partial charge in [0.25, 0.3) is 0 Å². The lowest BCUT2D eigenvalue weighted by atomic mass is 10.1. The minimum atomic E-state index is -0.225. The number of furan rings is 1. The maximum atomic E-state index is 12.7. The number of ketones is 1. The van der Waals surface area contributed by atoms with E-state index >= 15 is 0 Å². The van der Waals surface area contributed by atoms with Gasteiger partial charge < -0.3 is 4.42 Å². The largest absolute Gasteiger partial charge is 0.446 e. The molecule has 4 rings (SSSR count). The molecule has 3 aromatic heterocycles. The maximum Gasteiger partial charge on any atom is 0.247 e. The van der Waals surface area contributed by atoms with Gasteiger partial charge in [-0.1, -0.05) is 24.3 Å². The maximum absolute atomic E-state index is 12.7. The van der Waals surface area contributed by atoms with Crippen LogP contribution in [0.5, 0.6) is 0 Å². The van der Waals surface area contributed by atoms with Crippen molar-refractivity contribution in [2.24, 2.45) is 7.05 Å². The van der Waals surface area contributed by atoms with Gasteiger partial charge in [-0.25, -0.2) is 4.68 Å². The van der Waals surface area contributed by atoms with Crippen molar-refractivity contribution in [3.05, 3.63) is 52.5 Å². The molecule has 0 unspecified atom stereocenters. The fourth-order valence-corrected chi connectivity index (χ4v) is 2.84. The van der Waals surface area contributed by atoms with E-state index in [1.54, 1.807) is 28.4 Å². The van der Waals surface area contributed by atoms with Gasteiger partial charge in [-0.2, -0.15) is 4.52 Å². The van der Waals surface area contributed by atoms with Crippen molar-refractivity contribution in [2.75, 3.05) is 0 Å². The van der Waals surface area contributed by atoms with Gasteiger partial charge in [0.05, 0.1) is 0 Å². The van der Waals surface area contributed by atoms with Crippen LogP contribution < -0.4 is 0 Å². The number of halogens is 1. The van der Waals surface area contributed by atoms with Gasteiger partial charge in [0.1, 0.15) is 5.69 Å². The molecule has 0 saturated heterocycles. The van der Waals surface area contributed by atoms with Crippen molar-refractivity contribution in [3.8, 4) is 0 Å². The van der Waals surface area contributed by atoms with Crippen molar-refractivity contribution in [1.82, 2.24) is 19.6 Å². The lowest BCUT2D eigenvalue weighted by molar-refractivity contribution is 0.100. The molecule has 0 N–H and O–H groups in total. The van der Waals surface area contributed by atoms with E-state index in [9.17, 15) is 4.79 Å². The molecule has 0 atom stereocenters. The van der Waals surface area contributed by atoms with Crippen LogP contribution in [0.2, 0.25) is 0 Å². The van der Waals surface area contributed by atoms with Gasteiger partial charge in [-0.15, -0.1) is 0 Å². The van der Waals surface area contributed by atoms with Crippen LogP contribution in [0, 0.1) is 0 Å². The molecule has 3 heterocycles. The second-order valence-electron chi connectivity index (χ2n) is 4.66. The Morgan fingerprint density at radius 1 is 1.14 bits per heavy atom. The molecule has 0 spiro atoms. The zero-order chi connectivity index (χ0) is 14.6. The number of fused-ring (bicyclic) bond motifs is 3. The van der Waals surface area contributed by atoms with Gasteiger partial charge in [0.15, 0.2) is 16.1 Å². The van der Waals surface area contributed by atoms with E-state index < -0.39 is 0 Å². The number of hydrogen-bond acceptors (Lipinski definition) is 4. The zero-order valence-corrected chi connectivity index (χ0v) is 12.5. The molecular weight excluding hydrogens is 336 g/mol. The molecule has 7 heteroatoms. The standard InChI is InChI=1S/C14H9BrN4O2/c1-18-14-9-5-3-2-4-8(9)12(19(14)17-16-18)13(20)10-6-7-11(15)21-10/h2-7H,1H3. The molecule has 0 aliphatic rings. The first-order valence-electron chi connectivity index (χ1n) is 6.26. The molecule has 0 amide bonds. The molecule has 0 radical (unpaired) electrons. The molecule has 0 fully saturated rings. The third-order valence-electron chi connectivity index (χ3n) is 3.42. The lowest BCUT2D eigenvalue weighted by Gasteiger charge is -1.96. The molecule has 1 aromatic carbocycles. The summed E-state index contributed by atoms with van der Waals surface area (Å²) >= 11 is 3.21. The van der Waals surface area contributed by atoms with Crippen LogP contribution in [0.3, 0.4) is 0 Å². The van der Waals surface area contributed by atoms with Crippen LogP contribution in [0.4, 0.5) is 0 Å². The molecule has 0 aliphatic heterocycles. The van der Waals surface area contributed by atoms with Gasteiger partial charge in [-0.3, -0.25) is 4.79 Å². The monoisotopic (exact) mass is 344 g/mol. The van der Waals surface area contributed by atoms with E-state index in [4.69, 9.17) is 4.42 Å². The predicted molar refractivity (Wildman–Crippen MR) is 79.3 cm³/mol. The van der Waals surface area contributed by atoms with Crippen molar-refractivity contribution >= 4 is 38.1 Å². The molecule has 4 aromatic rings. The van der Waals surface area contributed by atoms with Crippen LogP contribution in [0.25, 0.3) is 16.4 Å². The molecule has 0 saturated carbocycles. The third kappa shape index (κ3) is 1.67. The topological polar surface area (TPSA) is 65.3 Å². The van der Waals surface area contributed by atoms with E-state index in [0.717, 1.165) is 16.4 Å².